The molecule has 0 heterocycles. The number of hydrogen-bond donors (Lipinski definition) is 3. The maximum absolute atomic E-state index is 12.8. The highest BCUT2D eigenvalue weighted by Gasteiger charge is 2.40. The van der Waals surface area contributed by atoms with E-state index in [0.717, 1.165) is 6.42 Å². The predicted molar refractivity (Wildman–Crippen MR) is 126 cm³/mol. The zero-order chi connectivity index (χ0) is 25.5. The number of carbonyl (C=O) groups is 3. The van der Waals surface area contributed by atoms with Crippen molar-refractivity contribution >= 4 is 18.0 Å². The van der Waals surface area contributed by atoms with Gasteiger partial charge in [0.2, 0.25) is 0 Å². The summed E-state index contributed by atoms with van der Waals surface area (Å²) in [6, 6.07) is 5.34. The largest absolute Gasteiger partial charge is 0.467 e. The van der Waals surface area contributed by atoms with Crippen LogP contribution < -0.4 is 10.6 Å². The van der Waals surface area contributed by atoms with Crippen molar-refractivity contribution < 1.29 is 29.0 Å². The summed E-state index contributed by atoms with van der Waals surface area (Å²) >= 11 is 0. The molecule has 1 aliphatic rings. The van der Waals surface area contributed by atoms with Crippen molar-refractivity contribution in [2.75, 3.05) is 13.7 Å². The number of rotatable bonds is 6. The maximum atomic E-state index is 12.8. The minimum Gasteiger partial charge on any atom is -0.467 e. The number of aliphatic hydroxyl groups is 1. The number of nitrogens with one attached hydrogen (secondary N) is 2. The van der Waals surface area contributed by atoms with Crippen LogP contribution in [0.4, 0.5) is 4.79 Å². The summed E-state index contributed by atoms with van der Waals surface area (Å²) in [6.45, 7) is 8.49. The van der Waals surface area contributed by atoms with Crippen LogP contribution >= 0.6 is 0 Å². The van der Waals surface area contributed by atoms with Crippen LogP contribution in [0.3, 0.4) is 0 Å². The molecule has 8 nitrogen and oxygen atoms in total. The Labute approximate surface area is 200 Å². The monoisotopic (exact) mass is 468 g/mol. The van der Waals surface area contributed by atoms with Crippen LogP contribution in [0, 0.1) is 35.5 Å². The highest BCUT2D eigenvalue weighted by Crippen LogP contribution is 2.36. The minimum absolute atomic E-state index is 0.154. The van der Waals surface area contributed by atoms with E-state index in [1.54, 1.807) is 58.9 Å². The summed E-state index contributed by atoms with van der Waals surface area (Å²) in [7, 11) is 1.20. The molecule has 8 heteroatoms. The Balaban J connectivity index is 2.06. The van der Waals surface area contributed by atoms with Crippen LogP contribution in [-0.4, -0.2) is 54.0 Å². The number of ether oxygens (including phenoxy) is 2. The van der Waals surface area contributed by atoms with Gasteiger partial charge < -0.3 is 25.2 Å². The fourth-order valence-electron chi connectivity index (χ4n) is 3.07. The van der Waals surface area contributed by atoms with E-state index < -0.39 is 35.2 Å². The van der Waals surface area contributed by atoms with Gasteiger partial charge in [0.05, 0.1) is 12.6 Å². The number of alkyl carbamates (subject to hydrolysis) is 1. The minimum atomic E-state index is -1.20. The quantitative estimate of drug-likeness (QED) is 0.436. The third-order valence-corrected chi connectivity index (χ3v) is 5.09. The van der Waals surface area contributed by atoms with Gasteiger partial charge in [-0.3, -0.25) is 4.79 Å². The van der Waals surface area contributed by atoms with E-state index in [-0.39, 0.29) is 18.4 Å². The molecular formula is C26H32N2O6. The van der Waals surface area contributed by atoms with Gasteiger partial charge in [-0.25, -0.2) is 9.59 Å². The summed E-state index contributed by atoms with van der Waals surface area (Å²) in [6.07, 6.45) is 0.186. The molecule has 1 aromatic carbocycles. The summed E-state index contributed by atoms with van der Waals surface area (Å²) in [5.74, 6) is 10.7. The van der Waals surface area contributed by atoms with E-state index in [1.807, 2.05) is 0 Å². The fraction of sp³-hybridized carbons (Fsp3) is 0.500. The molecule has 0 spiro atoms. The van der Waals surface area contributed by atoms with Crippen molar-refractivity contribution in [1.82, 2.24) is 10.6 Å². The van der Waals surface area contributed by atoms with Gasteiger partial charge in [0.15, 0.2) is 0 Å². The van der Waals surface area contributed by atoms with E-state index in [1.165, 1.54) is 7.11 Å². The Morgan fingerprint density at radius 3 is 2.29 bits per heavy atom. The average Bonchev–Trinajstić information content (AvgIpc) is 3.51. The fourth-order valence-corrected chi connectivity index (χ4v) is 3.07. The number of hydrogen-bond acceptors (Lipinski definition) is 6. The third-order valence-electron chi connectivity index (χ3n) is 5.09. The molecule has 0 bridgehead atoms. The first kappa shape index (κ1) is 26.8. The molecule has 3 atom stereocenters. The van der Waals surface area contributed by atoms with E-state index in [2.05, 4.69) is 34.3 Å². The van der Waals surface area contributed by atoms with Crippen LogP contribution in [0.25, 0.3) is 0 Å². The first-order chi connectivity index (χ1) is 15.9. The Morgan fingerprint density at radius 2 is 1.76 bits per heavy atom. The lowest BCUT2D eigenvalue weighted by Crippen LogP contribution is -2.62. The number of aliphatic hydroxyl groups excluding tert-OH is 1. The summed E-state index contributed by atoms with van der Waals surface area (Å²) in [5, 5.41) is 14.3. The van der Waals surface area contributed by atoms with Gasteiger partial charge >= 0.3 is 12.1 Å². The first-order valence-electron chi connectivity index (χ1n) is 11.0. The molecule has 1 fully saturated rings. The summed E-state index contributed by atoms with van der Waals surface area (Å²) in [5.41, 5.74) is -0.939. The third kappa shape index (κ3) is 8.13. The normalized spacial score (nSPS) is 17.6. The molecule has 2 rings (SSSR count). The Kier molecular flexibility index (Phi) is 8.73. The van der Waals surface area contributed by atoms with Gasteiger partial charge in [-0.1, -0.05) is 11.8 Å². The molecule has 34 heavy (non-hydrogen) atoms. The van der Waals surface area contributed by atoms with E-state index in [9.17, 15) is 14.4 Å². The van der Waals surface area contributed by atoms with Crippen molar-refractivity contribution in [2.24, 2.45) is 11.8 Å². The molecule has 0 unspecified atom stereocenters. The van der Waals surface area contributed by atoms with Crippen LogP contribution in [-0.2, 0) is 14.3 Å². The van der Waals surface area contributed by atoms with Crippen molar-refractivity contribution in [3.8, 4) is 23.7 Å². The lowest BCUT2D eigenvalue weighted by atomic mass is 9.94. The number of benzene rings is 1. The van der Waals surface area contributed by atoms with Crippen LogP contribution in [0.1, 0.15) is 57.0 Å². The molecule has 1 aromatic rings. The lowest BCUT2D eigenvalue weighted by Gasteiger charge is -2.34. The number of amides is 2. The molecule has 0 aliphatic heterocycles. The Bertz CT molecular complexity index is 1030. The molecule has 0 aromatic heterocycles. The predicted octanol–water partition coefficient (Wildman–Crippen LogP) is 2.24. The van der Waals surface area contributed by atoms with Crippen molar-refractivity contribution in [2.45, 2.75) is 58.2 Å². The van der Waals surface area contributed by atoms with Gasteiger partial charge in [0, 0.05) is 23.7 Å². The summed E-state index contributed by atoms with van der Waals surface area (Å²) in [4.78, 5) is 37.5. The highest BCUT2D eigenvalue weighted by atomic mass is 16.6. The SMILES string of the molecule is COC(=O)[C@@H](NC(=O)c1ccc(C#CC#C[C@@H]2C[C@H]2CO)cc1)C(C)(C)NC(=O)OC(C)(C)C. The second-order valence-corrected chi connectivity index (χ2v) is 9.66. The number of esters is 1. The molecule has 182 valence electrons. The molecule has 0 saturated heterocycles. The second kappa shape index (κ2) is 11.1. The zero-order valence-corrected chi connectivity index (χ0v) is 20.4. The Morgan fingerprint density at radius 1 is 1.12 bits per heavy atom. The van der Waals surface area contributed by atoms with Gasteiger partial charge in [-0.15, -0.1) is 0 Å². The van der Waals surface area contributed by atoms with Gasteiger partial charge in [-0.2, -0.15) is 0 Å². The van der Waals surface area contributed by atoms with Crippen LogP contribution in [0.2, 0.25) is 0 Å². The van der Waals surface area contributed by atoms with E-state index >= 15 is 0 Å². The van der Waals surface area contributed by atoms with Gasteiger partial charge in [-0.05, 0) is 83.1 Å². The lowest BCUT2D eigenvalue weighted by molar-refractivity contribution is -0.144. The zero-order valence-electron chi connectivity index (χ0n) is 20.4. The first-order valence-corrected chi connectivity index (χ1v) is 11.0. The van der Waals surface area contributed by atoms with Gasteiger partial charge in [0.1, 0.15) is 11.6 Å². The molecule has 1 saturated carbocycles. The standard InChI is InChI=1S/C26H32N2O6/c1-25(2,3)34-24(32)28-26(4,5)21(23(31)33-6)27-22(30)18-13-11-17(12-14-18)9-7-8-10-19-15-20(19)16-29/h11-14,19-21,29H,15-16H2,1-6H3,(H,27,30)(H,28,32)/t19-,20+,21-/m1/s1. The van der Waals surface area contributed by atoms with Crippen molar-refractivity contribution in [3.63, 3.8) is 0 Å². The Hall–Kier alpha value is -3.49. The molecule has 1 aliphatic carbocycles. The number of methoxy groups -OCH3 is 1. The van der Waals surface area contributed by atoms with Crippen molar-refractivity contribution in [3.05, 3.63) is 35.4 Å². The van der Waals surface area contributed by atoms with E-state index in [0.29, 0.717) is 11.1 Å². The topological polar surface area (TPSA) is 114 Å². The van der Waals surface area contributed by atoms with Gasteiger partial charge in [0.25, 0.3) is 5.91 Å². The number of carbonyl (C=O) groups excluding carboxylic acids is 3. The van der Waals surface area contributed by atoms with Crippen molar-refractivity contribution in [1.29, 1.82) is 0 Å². The molecule has 0 radical (unpaired) electrons. The van der Waals surface area contributed by atoms with Crippen LogP contribution in [0.15, 0.2) is 24.3 Å². The smallest absolute Gasteiger partial charge is 0.408 e. The summed E-state index contributed by atoms with van der Waals surface area (Å²) < 4.78 is 10.1. The maximum Gasteiger partial charge on any atom is 0.408 e. The average molecular weight is 469 g/mol. The molecular weight excluding hydrogens is 436 g/mol. The van der Waals surface area contributed by atoms with Crippen LogP contribution in [0.5, 0.6) is 0 Å². The second-order valence-electron chi connectivity index (χ2n) is 9.66. The highest BCUT2D eigenvalue weighted by molar-refractivity contribution is 5.97. The molecule has 3 N–H and O–H groups in total. The van der Waals surface area contributed by atoms with E-state index in [4.69, 9.17) is 14.6 Å². The molecule has 2 amide bonds.